The average molecular weight is 359 g/mol. The predicted octanol–water partition coefficient (Wildman–Crippen LogP) is 4.49. The van der Waals surface area contributed by atoms with Crippen LogP contribution in [0.5, 0.6) is 0 Å². The molecule has 0 saturated heterocycles. The van der Waals surface area contributed by atoms with Gasteiger partial charge in [-0.1, -0.05) is 11.6 Å². The molecular weight excluding hydrogens is 350 g/mol. The lowest BCUT2D eigenvalue weighted by Crippen LogP contribution is -1.97. The molecule has 2 rings (SSSR count). The number of aromatic carboxylic acids is 1. The minimum Gasteiger partial charge on any atom is -0.478 e. The Labute approximate surface area is 128 Å². The van der Waals surface area contributed by atoms with E-state index in [1.54, 1.807) is 36.2 Å². The van der Waals surface area contributed by atoms with Crippen molar-refractivity contribution < 1.29 is 9.90 Å². The molecule has 0 bridgehead atoms. The standard InChI is InChI=1S/C13H9BrClNO2S/c14-11-2-1-9(6-10(11)13(17)18)19-7-8-3-4-16-12(15)5-8/h1-6H,7H2,(H,17,18). The normalized spacial score (nSPS) is 10.4. The first-order chi connectivity index (χ1) is 9.06. The van der Waals surface area contributed by atoms with Crippen molar-refractivity contribution >= 4 is 45.3 Å². The maximum Gasteiger partial charge on any atom is 0.336 e. The van der Waals surface area contributed by atoms with E-state index in [1.807, 2.05) is 12.1 Å². The summed E-state index contributed by atoms with van der Waals surface area (Å²) in [7, 11) is 0. The maximum atomic E-state index is 11.0. The molecule has 2 aromatic rings. The van der Waals surface area contributed by atoms with E-state index < -0.39 is 5.97 Å². The predicted molar refractivity (Wildman–Crippen MR) is 79.9 cm³/mol. The first kappa shape index (κ1) is 14.4. The Bertz CT molecular complexity index is 621. The third kappa shape index (κ3) is 3.96. The fourth-order valence-electron chi connectivity index (χ4n) is 1.46. The van der Waals surface area contributed by atoms with Crippen LogP contribution in [-0.2, 0) is 5.75 Å². The van der Waals surface area contributed by atoms with E-state index in [0.717, 1.165) is 10.5 Å². The van der Waals surface area contributed by atoms with Gasteiger partial charge in [-0.2, -0.15) is 0 Å². The number of hydrogen-bond donors (Lipinski definition) is 1. The van der Waals surface area contributed by atoms with Gasteiger partial charge >= 0.3 is 5.97 Å². The van der Waals surface area contributed by atoms with Crippen molar-refractivity contribution in [1.29, 1.82) is 0 Å². The summed E-state index contributed by atoms with van der Waals surface area (Å²) in [6.45, 7) is 0. The smallest absolute Gasteiger partial charge is 0.336 e. The van der Waals surface area contributed by atoms with Gasteiger partial charge in [0.2, 0.25) is 0 Å². The zero-order chi connectivity index (χ0) is 13.8. The molecule has 98 valence electrons. The Morgan fingerprint density at radius 1 is 1.37 bits per heavy atom. The van der Waals surface area contributed by atoms with Crippen molar-refractivity contribution in [3.8, 4) is 0 Å². The molecule has 0 radical (unpaired) electrons. The number of nitrogens with zero attached hydrogens (tertiary/aromatic N) is 1. The molecule has 3 nitrogen and oxygen atoms in total. The summed E-state index contributed by atoms with van der Waals surface area (Å²) in [6, 6.07) is 8.95. The number of rotatable bonds is 4. The SMILES string of the molecule is O=C(O)c1cc(SCc2ccnc(Cl)c2)ccc1Br. The fourth-order valence-corrected chi connectivity index (χ4v) is 2.95. The number of carboxylic acids is 1. The maximum absolute atomic E-state index is 11.0. The van der Waals surface area contributed by atoms with Crippen LogP contribution in [-0.4, -0.2) is 16.1 Å². The largest absolute Gasteiger partial charge is 0.478 e. The van der Waals surface area contributed by atoms with Crippen LogP contribution in [0.4, 0.5) is 0 Å². The second kappa shape index (κ2) is 6.41. The van der Waals surface area contributed by atoms with Gasteiger partial charge in [-0.15, -0.1) is 11.8 Å². The number of aromatic nitrogens is 1. The van der Waals surface area contributed by atoms with Crippen molar-refractivity contribution in [3.05, 3.63) is 57.3 Å². The molecule has 19 heavy (non-hydrogen) atoms. The van der Waals surface area contributed by atoms with Crippen LogP contribution in [0, 0.1) is 0 Å². The summed E-state index contributed by atoms with van der Waals surface area (Å²) < 4.78 is 0.580. The van der Waals surface area contributed by atoms with Gasteiger partial charge in [0.05, 0.1) is 5.56 Å². The van der Waals surface area contributed by atoms with Gasteiger partial charge in [-0.3, -0.25) is 0 Å². The van der Waals surface area contributed by atoms with Gasteiger partial charge in [0.1, 0.15) is 5.15 Å². The molecular formula is C13H9BrClNO2S. The summed E-state index contributed by atoms with van der Waals surface area (Å²) in [4.78, 5) is 15.8. The van der Waals surface area contributed by atoms with Crippen molar-refractivity contribution in [2.24, 2.45) is 0 Å². The van der Waals surface area contributed by atoms with E-state index >= 15 is 0 Å². The molecule has 6 heteroatoms. The van der Waals surface area contributed by atoms with Gasteiger partial charge in [-0.25, -0.2) is 9.78 Å². The van der Waals surface area contributed by atoms with Crippen molar-refractivity contribution in [3.63, 3.8) is 0 Å². The highest BCUT2D eigenvalue weighted by Crippen LogP contribution is 2.27. The first-order valence-electron chi connectivity index (χ1n) is 5.32. The van der Waals surface area contributed by atoms with Crippen molar-refractivity contribution in [2.45, 2.75) is 10.6 Å². The molecule has 0 aliphatic rings. The number of hydrogen-bond acceptors (Lipinski definition) is 3. The van der Waals surface area contributed by atoms with E-state index in [4.69, 9.17) is 16.7 Å². The Balaban J connectivity index is 2.12. The lowest BCUT2D eigenvalue weighted by atomic mass is 10.2. The van der Waals surface area contributed by atoms with Gasteiger partial charge in [0, 0.05) is 21.3 Å². The zero-order valence-electron chi connectivity index (χ0n) is 9.64. The third-order valence-corrected chi connectivity index (χ3v) is 4.33. The molecule has 0 aliphatic heterocycles. The molecule has 0 fully saturated rings. The van der Waals surface area contributed by atoms with Gasteiger partial charge in [0.15, 0.2) is 0 Å². The highest BCUT2D eigenvalue weighted by Gasteiger charge is 2.09. The molecule has 1 N–H and O–H groups in total. The van der Waals surface area contributed by atoms with Crippen LogP contribution >= 0.6 is 39.3 Å². The number of thioether (sulfide) groups is 1. The van der Waals surface area contributed by atoms with E-state index in [0.29, 0.717) is 15.4 Å². The topological polar surface area (TPSA) is 50.2 Å². The van der Waals surface area contributed by atoms with Gasteiger partial charge in [-0.05, 0) is 51.8 Å². The Morgan fingerprint density at radius 2 is 2.16 bits per heavy atom. The summed E-state index contributed by atoms with van der Waals surface area (Å²) >= 11 is 10.6. The fraction of sp³-hybridized carbons (Fsp3) is 0.0769. The highest BCUT2D eigenvalue weighted by atomic mass is 79.9. The molecule has 0 unspecified atom stereocenters. The summed E-state index contributed by atoms with van der Waals surface area (Å²) in [5.74, 6) is -0.232. The quantitative estimate of drug-likeness (QED) is 0.646. The minimum atomic E-state index is -0.943. The lowest BCUT2D eigenvalue weighted by Gasteiger charge is -2.05. The second-order valence-corrected chi connectivity index (χ2v) is 6.01. The average Bonchev–Trinajstić information content (AvgIpc) is 2.37. The van der Waals surface area contributed by atoms with Crippen molar-refractivity contribution in [1.82, 2.24) is 4.98 Å². The summed E-state index contributed by atoms with van der Waals surface area (Å²) in [5.41, 5.74) is 1.31. The van der Waals surface area contributed by atoms with Gasteiger partial charge < -0.3 is 5.11 Å². The monoisotopic (exact) mass is 357 g/mol. The molecule has 1 heterocycles. The Morgan fingerprint density at radius 3 is 2.84 bits per heavy atom. The van der Waals surface area contributed by atoms with E-state index in [9.17, 15) is 4.79 Å². The molecule has 0 atom stereocenters. The van der Waals surface area contributed by atoms with Gasteiger partial charge in [0.25, 0.3) is 0 Å². The van der Waals surface area contributed by atoms with E-state index in [1.165, 1.54) is 0 Å². The number of carbonyl (C=O) groups is 1. The third-order valence-electron chi connectivity index (χ3n) is 2.36. The van der Waals surface area contributed by atoms with E-state index in [2.05, 4.69) is 20.9 Å². The molecule has 1 aromatic carbocycles. The number of benzene rings is 1. The summed E-state index contributed by atoms with van der Waals surface area (Å²) in [5, 5.41) is 9.51. The van der Waals surface area contributed by atoms with Crippen LogP contribution < -0.4 is 0 Å². The second-order valence-electron chi connectivity index (χ2n) is 3.72. The molecule has 0 spiro atoms. The van der Waals surface area contributed by atoms with Crippen LogP contribution in [0.2, 0.25) is 5.15 Å². The number of pyridine rings is 1. The highest BCUT2D eigenvalue weighted by molar-refractivity contribution is 9.10. The Hall–Kier alpha value is -1.04. The van der Waals surface area contributed by atoms with E-state index in [-0.39, 0.29) is 5.56 Å². The molecule has 1 aromatic heterocycles. The first-order valence-corrected chi connectivity index (χ1v) is 7.48. The summed E-state index contributed by atoms with van der Waals surface area (Å²) in [6.07, 6.45) is 1.66. The van der Waals surface area contributed by atoms with Crippen LogP contribution in [0.3, 0.4) is 0 Å². The molecule has 0 saturated carbocycles. The molecule has 0 amide bonds. The minimum absolute atomic E-state index is 0.262. The van der Waals surface area contributed by atoms with Crippen LogP contribution in [0.25, 0.3) is 0 Å². The zero-order valence-corrected chi connectivity index (χ0v) is 12.8. The molecule has 0 aliphatic carbocycles. The number of carboxylic acid groups (broad SMARTS) is 1. The van der Waals surface area contributed by atoms with Crippen LogP contribution in [0.15, 0.2) is 45.9 Å². The number of halogens is 2. The van der Waals surface area contributed by atoms with Crippen LogP contribution in [0.1, 0.15) is 15.9 Å². The van der Waals surface area contributed by atoms with Crippen molar-refractivity contribution in [2.75, 3.05) is 0 Å². The Kier molecular flexibility index (Phi) is 4.85. The lowest BCUT2D eigenvalue weighted by molar-refractivity contribution is 0.0695.